The molecule has 1 saturated heterocycles. The second-order valence-corrected chi connectivity index (χ2v) is 5.98. The summed E-state index contributed by atoms with van der Waals surface area (Å²) >= 11 is 0. The Labute approximate surface area is 110 Å². The molecule has 1 amide bonds. The molecule has 18 heavy (non-hydrogen) atoms. The predicted molar refractivity (Wildman–Crippen MR) is 70.6 cm³/mol. The number of nitrogens with zero attached hydrogens (tertiary/aromatic N) is 1. The third-order valence-corrected chi connectivity index (χ3v) is 2.92. The van der Waals surface area contributed by atoms with E-state index in [1.54, 1.807) is 11.9 Å². The van der Waals surface area contributed by atoms with Crippen molar-refractivity contribution in [3.63, 3.8) is 0 Å². The smallest absolute Gasteiger partial charge is 0.410 e. The van der Waals surface area contributed by atoms with Crippen LogP contribution >= 0.6 is 0 Å². The molecule has 0 aromatic carbocycles. The van der Waals surface area contributed by atoms with Crippen LogP contribution in [0.5, 0.6) is 0 Å². The highest BCUT2D eigenvalue weighted by Gasteiger charge is 2.24. The van der Waals surface area contributed by atoms with Crippen molar-refractivity contribution in [1.82, 2.24) is 10.2 Å². The zero-order valence-corrected chi connectivity index (χ0v) is 12.2. The highest BCUT2D eigenvalue weighted by Crippen LogP contribution is 2.12. The van der Waals surface area contributed by atoms with Crippen molar-refractivity contribution in [1.29, 1.82) is 0 Å². The Bertz CT molecular complexity index is 276. The van der Waals surface area contributed by atoms with E-state index in [1.165, 1.54) is 0 Å². The molecule has 1 aliphatic rings. The van der Waals surface area contributed by atoms with Crippen LogP contribution in [0.15, 0.2) is 0 Å². The first kappa shape index (κ1) is 15.2. The van der Waals surface area contributed by atoms with Crippen molar-refractivity contribution in [3.8, 4) is 0 Å². The molecule has 0 aliphatic carbocycles. The summed E-state index contributed by atoms with van der Waals surface area (Å²) in [5.41, 5.74) is -0.438. The molecule has 1 rings (SSSR count). The summed E-state index contributed by atoms with van der Waals surface area (Å²) in [5.74, 6) is 0.539. The first-order valence-electron chi connectivity index (χ1n) is 6.55. The van der Waals surface area contributed by atoms with Crippen LogP contribution in [0, 0.1) is 5.92 Å². The molecule has 0 bridgehead atoms. The number of amides is 1. The van der Waals surface area contributed by atoms with E-state index in [2.05, 4.69) is 12.2 Å². The molecule has 5 heteroatoms. The Morgan fingerprint density at radius 1 is 1.44 bits per heavy atom. The third kappa shape index (κ3) is 5.23. The topological polar surface area (TPSA) is 50.8 Å². The van der Waals surface area contributed by atoms with E-state index >= 15 is 0 Å². The first-order valence-corrected chi connectivity index (χ1v) is 6.55. The van der Waals surface area contributed by atoms with Gasteiger partial charge in [-0.2, -0.15) is 0 Å². The van der Waals surface area contributed by atoms with Gasteiger partial charge in [-0.05, 0) is 26.7 Å². The molecule has 0 aromatic heterocycles. The van der Waals surface area contributed by atoms with Crippen LogP contribution < -0.4 is 5.32 Å². The van der Waals surface area contributed by atoms with Gasteiger partial charge < -0.3 is 19.7 Å². The highest BCUT2D eigenvalue weighted by atomic mass is 16.6. The van der Waals surface area contributed by atoms with Gasteiger partial charge in [-0.25, -0.2) is 4.79 Å². The number of nitrogens with one attached hydrogen (secondary N) is 1. The molecule has 1 fully saturated rings. The number of hydrogen-bond acceptors (Lipinski definition) is 4. The van der Waals surface area contributed by atoms with Crippen molar-refractivity contribution in [2.75, 3.05) is 33.4 Å². The lowest BCUT2D eigenvalue weighted by Gasteiger charge is -2.25. The van der Waals surface area contributed by atoms with E-state index in [-0.39, 0.29) is 6.09 Å². The van der Waals surface area contributed by atoms with Crippen molar-refractivity contribution in [2.45, 2.75) is 39.3 Å². The number of ether oxygens (including phenoxy) is 2. The van der Waals surface area contributed by atoms with E-state index < -0.39 is 5.60 Å². The Balaban J connectivity index is 2.20. The lowest BCUT2D eigenvalue weighted by molar-refractivity contribution is 0.0299. The molecular formula is C13H26N2O3. The lowest BCUT2D eigenvalue weighted by Crippen LogP contribution is -2.42. The average Bonchev–Trinajstić information content (AvgIpc) is 2.62. The minimum atomic E-state index is -0.438. The molecule has 0 saturated carbocycles. The first-order chi connectivity index (χ1) is 8.29. The monoisotopic (exact) mass is 258 g/mol. The summed E-state index contributed by atoms with van der Waals surface area (Å²) in [6.45, 7) is 10.8. The normalized spacial score (nSPS) is 24.1. The fourth-order valence-corrected chi connectivity index (χ4v) is 1.77. The number of rotatable bonds is 4. The summed E-state index contributed by atoms with van der Waals surface area (Å²) < 4.78 is 10.7. The van der Waals surface area contributed by atoms with Crippen LogP contribution in [0.1, 0.15) is 27.7 Å². The van der Waals surface area contributed by atoms with Crippen molar-refractivity contribution < 1.29 is 14.3 Å². The Morgan fingerprint density at radius 3 is 2.61 bits per heavy atom. The molecule has 2 atom stereocenters. The molecule has 0 spiro atoms. The van der Waals surface area contributed by atoms with Gasteiger partial charge in [0, 0.05) is 26.2 Å². The number of carbonyl (C=O) groups is 1. The summed E-state index contributed by atoms with van der Waals surface area (Å²) in [7, 11) is 1.75. The predicted octanol–water partition coefficient (Wildman–Crippen LogP) is 1.48. The van der Waals surface area contributed by atoms with Gasteiger partial charge in [0.25, 0.3) is 0 Å². The molecule has 1 heterocycles. The van der Waals surface area contributed by atoms with Crippen molar-refractivity contribution in [2.24, 2.45) is 5.92 Å². The second kappa shape index (κ2) is 6.38. The van der Waals surface area contributed by atoms with Crippen LogP contribution in [0.25, 0.3) is 0 Å². The van der Waals surface area contributed by atoms with Gasteiger partial charge in [0.15, 0.2) is 0 Å². The largest absolute Gasteiger partial charge is 0.444 e. The second-order valence-electron chi connectivity index (χ2n) is 5.98. The fourth-order valence-electron chi connectivity index (χ4n) is 1.77. The Kier molecular flexibility index (Phi) is 5.41. The van der Waals surface area contributed by atoms with Gasteiger partial charge in [-0.1, -0.05) is 6.92 Å². The molecule has 1 N–H and O–H groups in total. The van der Waals surface area contributed by atoms with E-state index in [0.717, 1.165) is 19.8 Å². The van der Waals surface area contributed by atoms with Crippen LogP contribution in [-0.2, 0) is 9.47 Å². The summed E-state index contributed by atoms with van der Waals surface area (Å²) in [4.78, 5) is 13.3. The molecule has 5 nitrogen and oxygen atoms in total. The van der Waals surface area contributed by atoms with Gasteiger partial charge >= 0.3 is 6.09 Å². The quantitative estimate of drug-likeness (QED) is 0.830. The molecular weight excluding hydrogens is 232 g/mol. The Hall–Kier alpha value is -0.810. The highest BCUT2D eigenvalue weighted by molar-refractivity contribution is 5.67. The summed E-state index contributed by atoms with van der Waals surface area (Å²) in [6.07, 6.45) is -0.278. The maximum Gasteiger partial charge on any atom is 0.410 e. The molecule has 0 aromatic rings. The SMILES string of the molecule is CC1COCC1NCCN(C)C(=O)OC(C)(C)C. The maximum absolute atomic E-state index is 11.7. The van der Waals surface area contributed by atoms with Crippen LogP contribution in [0.3, 0.4) is 0 Å². The van der Waals surface area contributed by atoms with Gasteiger partial charge in [0.2, 0.25) is 0 Å². The number of likely N-dealkylation sites (N-methyl/N-ethyl adjacent to an activating group) is 1. The maximum atomic E-state index is 11.7. The van der Waals surface area contributed by atoms with Crippen LogP contribution in [0.4, 0.5) is 4.79 Å². The zero-order valence-electron chi connectivity index (χ0n) is 12.2. The third-order valence-electron chi connectivity index (χ3n) is 2.92. The summed E-state index contributed by atoms with van der Waals surface area (Å²) in [5, 5.41) is 3.41. The van der Waals surface area contributed by atoms with Crippen LogP contribution in [0.2, 0.25) is 0 Å². The summed E-state index contributed by atoms with van der Waals surface area (Å²) in [6, 6.07) is 0.400. The minimum Gasteiger partial charge on any atom is -0.444 e. The van der Waals surface area contributed by atoms with E-state index in [0.29, 0.717) is 18.5 Å². The van der Waals surface area contributed by atoms with Gasteiger partial charge in [-0.15, -0.1) is 0 Å². The number of hydrogen-bond donors (Lipinski definition) is 1. The van der Waals surface area contributed by atoms with Crippen LogP contribution in [-0.4, -0.2) is 56.0 Å². The number of carbonyl (C=O) groups excluding carboxylic acids is 1. The zero-order chi connectivity index (χ0) is 13.8. The average molecular weight is 258 g/mol. The molecule has 1 aliphatic heterocycles. The van der Waals surface area contributed by atoms with Crippen molar-refractivity contribution >= 4 is 6.09 Å². The minimum absolute atomic E-state index is 0.278. The van der Waals surface area contributed by atoms with Gasteiger partial charge in [0.05, 0.1) is 13.2 Å². The molecule has 106 valence electrons. The molecule has 2 unspecified atom stereocenters. The molecule has 0 radical (unpaired) electrons. The Morgan fingerprint density at radius 2 is 2.11 bits per heavy atom. The van der Waals surface area contributed by atoms with Gasteiger partial charge in [-0.3, -0.25) is 0 Å². The van der Waals surface area contributed by atoms with Gasteiger partial charge in [0.1, 0.15) is 5.60 Å². The van der Waals surface area contributed by atoms with Crippen molar-refractivity contribution in [3.05, 3.63) is 0 Å². The van der Waals surface area contributed by atoms with E-state index in [9.17, 15) is 4.79 Å². The fraction of sp³-hybridized carbons (Fsp3) is 0.923. The van der Waals surface area contributed by atoms with E-state index in [1.807, 2.05) is 20.8 Å². The standard InChI is InChI=1S/C13H26N2O3/c1-10-8-17-9-11(10)14-6-7-15(5)12(16)18-13(2,3)4/h10-11,14H,6-9H2,1-5H3. The lowest BCUT2D eigenvalue weighted by atomic mass is 10.1. The van der Waals surface area contributed by atoms with E-state index in [4.69, 9.17) is 9.47 Å².